The molecule has 20 heavy (non-hydrogen) atoms. The van der Waals surface area contributed by atoms with E-state index in [-0.39, 0.29) is 0 Å². The molecule has 0 spiro atoms. The van der Waals surface area contributed by atoms with Crippen LogP contribution in [-0.2, 0) is 17.8 Å². The van der Waals surface area contributed by atoms with Crippen LogP contribution in [0.5, 0.6) is 0 Å². The van der Waals surface area contributed by atoms with Gasteiger partial charge in [0.15, 0.2) is 0 Å². The molecule has 2 N–H and O–H groups in total. The van der Waals surface area contributed by atoms with Crippen molar-refractivity contribution >= 4 is 22.3 Å². The van der Waals surface area contributed by atoms with Gasteiger partial charge in [0.2, 0.25) is 11.3 Å². The highest BCUT2D eigenvalue weighted by Gasteiger charge is 2.05. The van der Waals surface area contributed by atoms with Crippen molar-refractivity contribution < 1.29 is 8.76 Å². The van der Waals surface area contributed by atoms with E-state index in [0.717, 1.165) is 22.3 Å². The van der Waals surface area contributed by atoms with E-state index in [1.165, 1.54) is 0 Å². The van der Waals surface area contributed by atoms with E-state index < -0.39 is 11.3 Å². The minimum atomic E-state index is -2.00. The first-order chi connectivity index (χ1) is 9.74. The summed E-state index contributed by atoms with van der Waals surface area (Å²) in [5.74, 6) is 0. The quantitative estimate of drug-likeness (QED) is 0.715. The molecule has 0 radical (unpaired) electrons. The minimum Gasteiger partial charge on any atom is -0.294 e. The Bertz CT molecular complexity index is 754. The standard InChI is InChI=1S/C13H12N4O2S/c18-20(19)14-9-10-5-7-11(8-6-10)17-13-4-2-1-3-12(13)15-16-17/h1-8,14H,9H2,(H,18,19). The first-order valence-electron chi connectivity index (χ1n) is 5.98. The van der Waals surface area contributed by atoms with Gasteiger partial charge in [-0.25, -0.2) is 13.6 Å². The Labute approximate surface area is 117 Å². The molecule has 2 aromatic carbocycles. The molecular weight excluding hydrogens is 276 g/mol. The van der Waals surface area contributed by atoms with Gasteiger partial charge in [0.1, 0.15) is 5.52 Å². The molecule has 0 saturated heterocycles. The topological polar surface area (TPSA) is 80.0 Å². The Morgan fingerprint density at radius 1 is 1.15 bits per heavy atom. The zero-order chi connectivity index (χ0) is 13.9. The van der Waals surface area contributed by atoms with Crippen LogP contribution >= 0.6 is 0 Å². The average molecular weight is 288 g/mol. The van der Waals surface area contributed by atoms with Crippen LogP contribution in [0.4, 0.5) is 0 Å². The number of rotatable bonds is 4. The molecule has 0 aliphatic heterocycles. The van der Waals surface area contributed by atoms with Gasteiger partial charge in [0.25, 0.3) is 0 Å². The van der Waals surface area contributed by atoms with Crippen molar-refractivity contribution in [3.63, 3.8) is 0 Å². The third-order valence-electron chi connectivity index (χ3n) is 2.93. The van der Waals surface area contributed by atoms with Crippen molar-refractivity contribution in [2.45, 2.75) is 6.54 Å². The summed E-state index contributed by atoms with van der Waals surface area (Å²) in [5, 5.41) is 8.24. The molecule has 0 amide bonds. The largest absolute Gasteiger partial charge is 0.294 e. The van der Waals surface area contributed by atoms with E-state index in [9.17, 15) is 4.21 Å². The second-order valence-electron chi connectivity index (χ2n) is 4.23. The summed E-state index contributed by atoms with van der Waals surface area (Å²) in [6.07, 6.45) is 0. The Kier molecular flexibility index (Phi) is 3.55. The van der Waals surface area contributed by atoms with Gasteiger partial charge in [-0.2, -0.15) is 0 Å². The fourth-order valence-corrected chi connectivity index (χ4v) is 2.25. The zero-order valence-electron chi connectivity index (χ0n) is 10.4. The maximum Gasteiger partial charge on any atom is 0.232 e. The smallest absolute Gasteiger partial charge is 0.232 e. The lowest BCUT2D eigenvalue weighted by molar-refractivity contribution is 0.548. The van der Waals surface area contributed by atoms with Crippen molar-refractivity contribution in [1.82, 2.24) is 19.7 Å². The predicted octanol–water partition coefficient (Wildman–Crippen LogP) is 1.65. The number of fused-ring (bicyclic) bond motifs is 1. The summed E-state index contributed by atoms with van der Waals surface area (Å²) in [6.45, 7) is 0.335. The van der Waals surface area contributed by atoms with E-state index in [1.54, 1.807) is 4.68 Å². The summed E-state index contributed by atoms with van der Waals surface area (Å²) in [5.41, 5.74) is 3.59. The lowest BCUT2D eigenvalue weighted by Crippen LogP contribution is -2.15. The number of hydrogen-bond acceptors (Lipinski definition) is 3. The van der Waals surface area contributed by atoms with E-state index >= 15 is 0 Å². The Morgan fingerprint density at radius 2 is 1.90 bits per heavy atom. The summed E-state index contributed by atoms with van der Waals surface area (Å²) in [6, 6.07) is 15.3. The molecule has 3 aromatic rings. The average Bonchev–Trinajstić information content (AvgIpc) is 2.89. The molecule has 1 aromatic heterocycles. The van der Waals surface area contributed by atoms with Gasteiger partial charge in [-0.3, -0.25) is 4.55 Å². The van der Waals surface area contributed by atoms with Gasteiger partial charge in [0.05, 0.1) is 11.2 Å². The predicted molar refractivity (Wildman–Crippen MR) is 76.5 cm³/mol. The van der Waals surface area contributed by atoms with Gasteiger partial charge in [-0.1, -0.05) is 29.5 Å². The zero-order valence-corrected chi connectivity index (χ0v) is 11.2. The summed E-state index contributed by atoms with van der Waals surface area (Å²) in [7, 11) is 0. The second kappa shape index (κ2) is 5.49. The summed E-state index contributed by atoms with van der Waals surface area (Å²) >= 11 is -2.00. The van der Waals surface area contributed by atoms with Crippen molar-refractivity contribution in [3.05, 3.63) is 54.1 Å². The first-order valence-corrected chi connectivity index (χ1v) is 7.09. The highest BCUT2D eigenvalue weighted by atomic mass is 32.2. The lowest BCUT2D eigenvalue weighted by atomic mass is 10.2. The van der Waals surface area contributed by atoms with Gasteiger partial charge >= 0.3 is 0 Å². The molecule has 1 heterocycles. The number of para-hydroxylation sites is 1. The number of nitrogens with zero attached hydrogens (tertiary/aromatic N) is 3. The molecule has 0 fully saturated rings. The van der Waals surface area contributed by atoms with Gasteiger partial charge in [0, 0.05) is 6.54 Å². The molecule has 0 aliphatic rings. The molecule has 1 unspecified atom stereocenters. The molecule has 6 nitrogen and oxygen atoms in total. The van der Waals surface area contributed by atoms with Crippen LogP contribution in [0, 0.1) is 0 Å². The normalized spacial score (nSPS) is 12.7. The fraction of sp³-hybridized carbons (Fsp3) is 0.0769. The van der Waals surface area contributed by atoms with Crippen LogP contribution in [-0.4, -0.2) is 23.8 Å². The van der Waals surface area contributed by atoms with Gasteiger partial charge in [-0.15, -0.1) is 5.10 Å². The minimum absolute atomic E-state index is 0.335. The molecule has 0 aliphatic carbocycles. The number of aromatic nitrogens is 3. The highest BCUT2D eigenvalue weighted by Crippen LogP contribution is 2.16. The first kappa shape index (κ1) is 12.9. The maximum absolute atomic E-state index is 10.6. The maximum atomic E-state index is 10.6. The molecule has 7 heteroatoms. The molecular formula is C13H12N4O2S. The molecule has 102 valence electrons. The lowest BCUT2D eigenvalue weighted by Gasteiger charge is -2.04. The molecule has 3 rings (SSSR count). The van der Waals surface area contributed by atoms with Crippen molar-refractivity contribution in [2.24, 2.45) is 0 Å². The van der Waals surface area contributed by atoms with E-state index in [2.05, 4.69) is 15.0 Å². The Morgan fingerprint density at radius 3 is 2.65 bits per heavy atom. The third-order valence-corrected chi connectivity index (χ3v) is 3.32. The van der Waals surface area contributed by atoms with E-state index in [1.807, 2.05) is 48.5 Å². The SMILES string of the molecule is O=S(O)NCc1ccc(-n2nnc3ccccc32)cc1. The Hall–Kier alpha value is -2.09. The number of hydrogen-bond donors (Lipinski definition) is 2. The van der Waals surface area contributed by atoms with Gasteiger partial charge < -0.3 is 0 Å². The highest BCUT2D eigenvalue weighted by molar-refractivity contribution is 7.77. The molecule has 0 saturated carbocycles. The third kappa shape index (κ3) is 2.60. The number of nitrogens with one attached hydrogen (secondary N) is 1. The van der Waals surface area contributed by atoms with Crippen LogP contribution in [0.3, 0.4) is 0 Å². The van der Waals surface area contributed by atoms with E-state index in [4.69, 9.17) is 4.55 Å². The summed E-state index contributed by atoms with van der Waals surface area (Å²) in [4.78, 5) is 0. The van der Waals surface area contributed by atoms with Crippen molar-refractivity contribution in [2.75, 3.05) is 0 Å². The summed E-state index contributed by atoms with van der Waals surface area (Å²) < 4.78 is 23.4. The van der Waals surface area contributed by atoms with Gasteiger partial charge in [-0.05, 0) is 29.8 Å². The second-order valence-corrected chi connectivity index (χ2v) is 5.01. The molecule has 0 bridgehead atoms. The van der Waals surface area contributed by atoms with E-state index in [0.29, 0.717) is 6.54 Å². The monoisotopic (exact) mass is 288 g/mol. The molecule has 1 atom stereocenters. The Balaban J connectivity index is 1.89. The van der Waals surface area contributed by atoms with Crippen LogP contribution in [0.25, 0.3) is 16.7 Å². The fourth-order valence-electron chi connectivity index (χ4n) is 1.96. The van der Waals surface area contributed by atoms with Crippen LogP contribution in [0.1, 0.15) is 5.56 Å². The van der Waals surface area contributed by atoms with Crippen LogP contribution < -0.4 is 4.72 Å². The van der Waals surface area contributed by atoms with Crippen molar-refractivity contribution in [1.29, 1.82) is 0 Å². The van der Waals surface area contributed by atoms with Crippen LogP contribution in [0.2, 0.25) is 0 Å². The van der Waals surface area contributed by atoms with Crippen molar-refractivity contribution in [3.8, 4) is 5.69 Å². The number of benzene rings is 2. The van der Waals surface area contributed by atoms with Crippen LogP contribution in [0.15, 0.2) is 48.5 Å².